The summed E-state index contributed by atoms with van der Waals surface area (Å²) >= 11 is 0. The maximum Gasteiger partial charge on any atom is 0.362 e. The van der Waals surface area contributed by atoms with E-state index in [1.165, 1.54) is 0 Å². The number of carbonyl (C=O) groups is 1. The van der Waals surface area contributed by atoms with Crippen molar-refractivity contribution in [2.24, 2.45) is 0 Å². The first-order chi connectivity index (χ1) is 9.93. The Kier molecular flexibility index (Phi) is 3.78. The molecule has 0 bridgehead atoms. The number of rotatable bonds is 4. The molecule has 2 aromatic rings. The molecule has 0 unspecified atom stereocenters. The lowest BCUT2D eigenvalue weighted by Gasteiger charge is -2.04. The summed E-state index contributed by atoms with van der Waals surface area (Å²) in [6, 6.07) is 2.49. The third-order valence-corrected chi connectivity index (χ3v) is 2.49. The van der Waals surface area contributed by atoms with Gasteiger partial charge in [0.25, 0.3) is 5.91 Å². The maximum atomic E-state index is 13.4. The van der Waals surface area contributed by atoms with Crippen molar-refractivity contribution in [1.82, 2.24) is 10.2 Å². The second-order valence-electron chi connectivity index (χ2n) is 3.79. The summed E-state index contributed by atoms with van der Waals surface area (Å²) in [5.74, 6) is -3.23. The standard InChI is InChI=1S/C11H8F2N4O4/c1-21-11-9(17(19)20)8(15-16-11)10(18)14-7-3-2-5(12)4-6(7)13/h2-4H,1H3,(H,14,18)(H,15,16). The van der Waals surface area contributed by atoms with Crippen molar-refractivity contribution in [3.8, 4) is 5.88 Å². The Morgan fingerprint density at radius 3 is 2.76 bits per heavy atom. The van der Waals surface area contributed by atoms with E-state index < -0.39 is 33.8 Å². The minimum atomic E-state index is -1.02. The van der Waals surface area contributed by atoms with Crippen LogP contribution in [-0.4, -0.2) is 28.1 Å². The van der Waals surface area contributed by atoms with Gasteiger partial charge in [0.1, 0.15) is 11.6 Å². The van der Waals surface area contributed by atoms with Crippen LogP contribution < -0.4 is 10.1 Å². The molecule has 2 N–H and O–H groups in total. The van der Waals surface area contributed by atoms with Gasteiger partial charge in [0.2, 0.25) is 5.69 Å². The highest BCUT2D eigenvalue weighted by Gasteiger charge is 2.30. The van der Waals surface area contributed by atoms with Gasteiger partial charge in [-0.3, -0.25) is 20.0 Å². The van der Waals surface area contributed by atoms with Crippen LogP contribution in [0.4, 0.5) is 20.2 Å². The van der Waals surface area contributed by atoms with Crippen molar-refractivity contribution in [3.05, 3.63) is 45.6 Å². The molecule has 0 aliphatic carbocycles. The van der Waals surface area contributed by atoms with Crippen LogP contribution in [0.1, 0.15) is 10.5 Å². The highest BCUT2D eigenvalue weighted by atomic mass is 19.1. The van der Waals surface area contributed by atoms with E-state index in [1.54, 1.807) is 0 Å². The molecule has 0 aliphatic rings. The Balaban J connectivity index is 2.33. The molecule has 0 aliphatic heterocycles. The SMILES string of the molecule is COc1n[nH]c(C(=O)Nc2ccc(F)cc2F)c1[N+](=O)[O-]. The molecular formula is C11H8F2N4O4. The molecule has 0 saturated heterocycles. The molecule has 2 rings (SSSR count). The van der Waals surface area contributed by atoms with Crippen molar-refractivity contribution >= 4 is 17.3 Å². The Morgan fingerprint density at radius 2 is 2.19 bits per heavy atom. The summed E-state index contributed by atoms with van der Waals surface area (Å²) in [5, 5.41) is 18.6. The molecule has 0 spiro atoms. The fraction of sp³-hybridized carbons (Fsp3) is 0.0909. The third kappa shape index (κ3) is 2.78. The topological polar surface area (TPSA) is 110 Å². The van der Waals surface area contributed by atoms with Crippen molar-refractivity contribution in [1.29, 1.82) is 0 Å². The first kappa shape index (κ1) is 14.4. The number of benzene rings is 1. The summed E-state index contributed by atoms with van der Waals surface area (Å²) in [5.41, 5.74) is -1.53. The molecule has 0 radical (unpaired) electrons. The van der Waals surface area contributed by atoms with Crippen molar-refractivity contribution < 1.29 is 23.2 Å². The van der Waals surface area contributed by atoms with Crippen molar-refractivity contribution in [2.45, 2.75) is 0 Å². The zero-order valence-corrected chi connectivity index (χ0v) is 10.5. The first-order valence-electron chi connectivity index (χ1n) is 5.47. The summed E-state index contributed by atoms with van der Waals surface area (Å²) in [6.07, 6.45) is 0. The Labute approximate surface area is 115 Å². The van der Waals surface area contributed by atoms with Gasteiger partial charge in [-0.25, -0.2) is 8.78 Å². The minimum absolute atomic E-state index is 0.329. The van der Waals surface area contributed by atoms with Gasteiger partial charge in [0, 0.05) is 6.07 Å². The van der Waals surface area contributed by atoms with Crippen LogP contribution in [0.25, 0.3) is 0 Å². The number of carbonyl (C=O) groups excluding carboxylic acids is 1. The monoisotopic (exact) mass is 298 g/mol. The quantitative estimate of drug-likeness (QED) is 0.661. The number of methoxy groups -OCH3 is 1. The Hall–Kier alpha value is -3.04. The van der Waals surface area contributed by atoms with Crippen LogP contribution in [0.5, 0.6) is 5.88 Å². The van der Waals surface area contributed by atoms with Crippen LogP contribution in [0, 0.1) is 21.7 Å². The van der Waals surface area contributed by atoms with Crippen LogP contribution in [0.2, 0.25) is 0 Å². The van der Waals surface area contributed by atoms with Gasteiger partial charge in [0.15, 0.2) is 0 Å². The van der Waals surface area contributed by atoms with Gasteiger partial charge in [0.05, 0.1) is 17.7 Å². The van der Waals surface area contributed by atoms with Crippen LogP contribution in [-0.2, 0) is 0 Å². The molecule has 0 saturated carbocycles. The number of halogens is 2. The largest absolute Gasteiger partial charge is 0.475 e. The van der Waals surface area contributed by atoms with Gasteiger partial charge in [-0.05, 0) is 12.1 Å². The second kappa shape index (κ2) is 5.53. The van der Waals surface area contributed by atoms with E-state index in [4.69, 9.17) is 0 Å². The second-order valence-corrected chi connectivity index (χ2v) is 3.79. The van der Waals surface area contributed by atoms with E-state index >= 15 is 0 Å². The summed E-state index contributed by atoms with van der Waals surface area (Å²) in [4.78, 5) is 21.9. The smallest absolute Gasteiger partial charge is 0.362 e. The molecule has 21 heavy (non-hydrogen) atoms. The molecular weight excluding hydrogens is 290 g/mol. The fourth-order valence-corrected chi connectivity index (χ4v) is 1.57. The Bertz CT molecular complexity index is 716. The molecule has 1 amide bonds. The number of H-pyrrole nitrogens is 1. The predicted molar refractivity (Wildman–Crippen MR) is 66.1 cm³/mol. The minimum Gasteiger partial charge on any atom is -0.475 e. The third-order valence-electron chi connectivity index (χ3n) is 2.49. The van der Waals surface area contributed by atoms with E-state index in [2.05, 4.69) is 20.3 Å². The number of ether oxygens (including phenoxy) is 1. The zero-order valence-electron chi connectivity index (χ0n) is 10.5. The molecule has 1 aromatic heterocycles. The number of aromatic nitrogens is 2. The van der Waals surface area contributed by atoms with E-state index in [9.17, 15) is 23.7 Å². The Morgan fingerprint density at radius 1 is 1.48 bits per heavy atom. The molecule has 1 aromatic carbocycles. The van der Waals surface area contributed by atoms with E-state index in [0.717, 1.165) is 19.2 Å². The maximum absolute atomic E-state index is 13.4. The zero-order chi connectivity index (χ0) is 15.6. The molecule has 1 heterocycles. The van der Waals surface area contributed by atoms with Gasteiger partial charge in [-0.2, -0.15) is 0 Å². The van der Waals surface area contributed by atoms with Crippen molar-refractivity contribution in [2.75, 3.05) is 12.4 Å². The van der Waals surface area contributed by atoms with Crippen LogP contribution >= 0.6 is 0 Å². The van der Waals surface area contributed by atoms with Gasteiger partial charge in [-0.15, -0.1) is 5.10 Å². The van der Waals surface area contributed by atoms with Gasteiger partial charge >= 0.3 is 11.6 Å². The summed E-state index contributed by atoms with van der Waals surface area (Å²) < 4.78 is 30.8. The van der Waals surface area contributed by atoms with Crippen LogP contribution in [0.3, 0.4) is 0 Å². The lowest BCUT2D eigenvalue weighted by atomic mass is 10.2. The number of amides is 1. The van der Waals surface area contributed by atoms with E-state index in [0.29, 0.717) is 6.07 Å². The number of aromatic amines is 1. The molecule has 110 valence electrons. The fourth-order valence-electron chi connectivity index (χ4n) is 1.57. The molecule has 8 nitrogen and oxygen atoms in total. The number of nitrogens with zero attached hydrogens (tertiary/aromatic N) is 2. The van der Waals surface area contributed by atoms with E-state index in [1.807, 2.05) is 0 Å². The normalized spacial score (nSPS) is 10.2. The van der Waals surface area contributed by atoms with Crippen molar-refractivity contribution in [3.63, 3.8) is 0 Å². The summed E-state index contributed by atoms with van der Waals surface area (Å²) in [6.45, 7) is 0. The van der Waals surface area contributed by atoms with Gasteiger partial charge in [-0.1, -0.05) is 0 Å². The first-order valence-corrected chi connectivity index (χ1v) is 5.47. The number of nitro groups is 1. The lowest BCUT2D eigenvalue weighted by molar-refractivity contribution is -0.386. The average molecular weight is 298 g/mol. The highest BCUT2D eigenvalue weighted by Crippen LogP contribution is 2.28. The number of anilines is 1. The predicted octanol–water partition coefficient (Wildman–Crippen LogP) is 1.86. The summed E-state index contributed by atoms with van der Waals surface area (Å²) in [7, 11) is 1.14. The number of hydrogen-bond donors (Lipinski definition) is 2. The number of hydrogen-bond acceptors (Lipinski definition) is 5. The molecule has 0 atom stereocenters. The van der Waals surface area contributed by atoms with E-state index in [-0.39, 0.29) is 11.6 Å². The lowest BCUT2D eigenvalue weighted by Crippen LogP contribution is -2.15. The molecule has 10 heteroatoms. The number of nitrogens with one attached hydrogen (secondary N) is 2. The van der Waals surface area contributed by atoms with Gasteiger partial charge < -0.3 is 10.1 Å². The van der Waals surface area contributed by atoms with Crippen LogP contribution in [0.15, 0.2) is 18.2 Å². The highest BCUT2D eigenvalue weighted by molar-refractivity contribution is 6.06. The average Bonchev–Trinajstić information content (AvgIpc) is 2.86. The molecule has 0 fully saturated rings.